The molecule has 84 valence electrons. The van der Waals surface area contributed by atoms with Crippen molar-refractivity contribution in [2.24, 2.45) is 5.92 Å². The molecule has 1 atom stereocenters. The van der Waals surface area contributed by atoms with Crippen LogP contribution in [0.5, 0.6) is 0 Å². The van der Waals surface area contributed by atoms with E-state index in [1.54, 1.807) is 0 Å². The van der Waals surface area contributed by atoms with Gasteiger partial charge in [-0.05, 0) is 37.3 Å². The molecule has 15 heavy (non-hydrogen) atoms. The molecule has 1 saturated heterocycles. The number of nitrogens with one attached hydrogen (secondary N) is 1. The van der Waals surface area contributed by atoms with Gasteiger partial charge >= 0.3 is 0 Å². The average molecular weight is 227 g/mol. The van der Waals surface area contributed by atoms with Gasteiger partial charge in [-0.25, -0.2) is 0 Å². The Balaban J connectivity index is 1.86. The highest BCUT2D eigenvalue weighted by molar-refractivity contribution is 7.99. The van der Waals surface area contributed by atoms with Crippen molar-refractivity contribution >= 4 is 11.8 Å². The van der Waals surface area contributed by atoms with Crippen molar-refractivity contribution in [3.05, 3.63) is 11.7 Å². The molecule has 0 amide bonds. The molecule has 2 rings (SSSR count). The summed E-state index contributed by atoms with van der Waals surface area (Å²) in [5.74, 6) is 4.86. The number of thioether (sulfide) groups is 1. The molecule has 2 heterocycles. The molecule has 0 aromatic carbocycles. The van der Waals surface area contributed by atoms with Crippen molar-refractivity contribution in [2.45, 2.75) is 25.8 Å². The molecule has 5 heteroatoms. The molecule has 1 aliphatic heterocycles. The summed E-state index contributed by atoms with van der Waals surface area (Å²) in [6.45, 7) is 0.659. The number of aromatic nitrogens is 2. The van der Waals surface area contributed by atoms with Crippen molar-refractivity contribution < 1.29 is 4.52 Å². The topological polar surface area (TPSA) is 51.0 Å². The maximum absolute atomic E-state index is 5.12. The Labute approximate surface area is 94.2 Å². The lowest BCUT2D eigenvalue weighted by atomic mass is 10.0. The summed E-state index contributed by atoms with van der Waals surface area (Å²) in [4.78, 5) is 4.34. The zero-order valence-electron chi connectivity index (χ0n) is 9.03. The Morgan fingerprint density at radius 3 is 3.27 bits per heavy atom. The molecule has 0 aliphatic carbocycles. The van der Waals surface area contributed by atoms with Gasteiger partial charge < -0.3 is 9.84 Å². The Bertz CT molecular complexity index is 297. The fourth-order valence-corrected chi connectivity index (χ4v) is 2.98. The van der Waals surface area contributed by atoms with Gasteiger partial charge in [-0.15, -0.1) is 0 Å². The van der Waals surface area contributed by atoms with Crippen LogP contribution in [0.15, 0.2) is 4.52 Å². The molecule has 4 nitrogen and oxygen atoms in total. The first-order valence-corrected chi connectivity index (χ1v) is 6.57. The van der Waals surface area contributed by atoms with Crippen LogP contribution in [-0.4, -0.2) is 28.7 Å². The monoisotopic (exact) mass is 227 g/mol. The van der Waals surface area contributed by atoms with Crippen LogP contribution in [-0.2, 0) is 13.0 Å². The molecule has 1 aliphatic rings. The SMILES string of the molecule is CNCc1nc(CC2CCCSC2)no1. The summed E-state index contributed by atoms with van der Waals surface area (Å²) in [6.07, 6.45) is 3.61. The minimum absolute atomic E-state index is 0.659. The van der Waals surface area contributed by atoms with Gasteiger partial charge in [-0.3, -0.25) is 0 Å². The zero-order chi connectivity index (χ0) is 10.5. The third kappa shape index (κ3) is 3.21. The van der Waals surface area contributed by atoms with E-state index in [0.29, 0.717) is 12.4 Å². The van der Waals surface area contributed by atoms with Gasteiger partial charge in [-0.1, -0.05) is 5.16 Å². The maximum Gasteiger partial charge on any atom is 0.240 e. The van der Waals surface area contributed by atoms with E-state index in [1.807, 2.05) is 18.8 Å². The van der Waals surface area contributed by atoms with Crippen LogP contribution in [0.4, 0.5) is 0 Å². The molecule has 0 bridgehead atoms. The van der Waals surface area contributed by atoms with Crippen molar-refractivity contribution in [3.63, 3.8) is 0 Å². The molecule has 0 saturated carbocycles. The molecular formula is C10H17N3OS. The minimum Gasteiger partial charge on any atom is -0.338 e. The Morgan fingerprint density at radius 1 is 1.60 bits per heavy atom. The van der Waals surface area contributed by atoms with Crippen molar-refractivity contribution in [1.82, 2.24) is 15.5 Å². The molecule has 0 spiro atoms. The van der Waals surface area contributed by atoms with E-state index in [-0.39, 0.29) is 0 Å². The van der Waals surface area contributed by atoms with E-state index in [0.717, 1.165) is 18.2 Å². The summed E-state index contributed by atoms with van der Waals surface area (Å²) < 4.78 is 5.12. The van der Waals surface area contributed by atoms with Gasteiger partial charge in [0.2, 0.25) is 5.89 Å². The van der Waals surface area contributed by atoms with Gasteiger partial charge in [0.05, 0.1) is 6.54 Å². The maximum atomic E-state index is 5.12. The molecule has 0 radical (unpaired) electrons. The molecule has 1 fully saturated rings. The van der Waals surface area contributed by atoms with Gasteiger partial charge in [-0.2, -0.15) is 16.7 Å². The van der Waals surface area contributed by atoms with Crippen molar-refractivity contribution in [1.29, 1.82) is 0 Å². The number of rotatable bonds is 4. The lowest BCUT2D eigenvalue weighted by molar-refractivity contribution is 0.363. The second-order valence-corrected chi connectivity index (χ2v) is 5.07. The van der Waals surface area contributed by atoms with Gasteiger partial charge in [0, 0.05) is 6.42 Å². The van der Waals surface area contributed by atoms with Crippen molar-refractivity contribution in [2.75, 3.05) is 18.6 Å². The third-order valence-electron chi connectivity index (χ3n) is 2.56. The second-order valence-electron chi connectivity index (χ2n) is 3.92. The van der Waals surface area contributed by atoms with Crippen LogP contribution >= 0.6 is 11.8 Å². The highest BCUT2D eigenvalue weighted by Crippen LogP contribution is 2.24. The molecular weight excluding hydrogens is 210 g/mol. The first-order chi connectivity index (χ1) is 7.38. The summed E-state index contributed by atoms with van der Waals surface area (Å²) in [7, 11) is 1.88. The summed E-state index contributed by atoms with van der Waals surface area (Å²) in [6, 6.07) is 0. The van der Waals surface area contributed by atoms with Crippen LogP contribution in [0.25, 0.3) is 0 Å². The second kappa shape index (κ2) is 5.51. The zero-order valence-corrected chi connectivity index (χ0v) is 9.85. The Morgan fingerprint density at radius 2 is 2.53 bits per heavy atom. The molecule has 1 aromatic heterocycles. The van der Waals surface area contributed by atoms with Gasteiger partial charge in [0.15, 0.2) is 5.82 Å². The van der Waals surface area contributed by atoms with Crippen molar-refractivity contribution in [3.8, 4) is 0 Å². The summed E-state index contributed by atoms with van der Waals surface area (Å²) in [5, 5.41) is 6.99. The summed E-state index contributed by atoms with van der Waals surface area (Å²) in [5.41, 5.74) is 0. The standard InChI is InChI=1S/C10H17N3OS/c1-11-6-10-12-9(13-14-10)5-8-3-2-4-15-7-8/h8,11H,2-7H2,1H3. The van der Waals surface area contributed by atoms with Crippen LogP contribution < -0.4 is 5.32 Å². The average Bonchev–Trinajstić information content (AvgIpc) is 2.68. The van der Waals surface area contributed by atoms with E-state index in [1.165, 1.54) is 24.3 Å². The van der Waals surface area contributed by atoms with Crippen LogP contribution in [0.1, 0.15) is 24.6 Å². The molecule has 1 N–H and O–H groups in total. The Hall–Kier alpha value is -0.550. The van der Waals surface area contributed by atoms with Gasteiger partial charge in [0.1, 0.15) is 0 Å². The van der Waals surface area contributed by atoms with E-state index in [2.05, 4.69) is 15.5 Å². The highest BCUT2D eigenvalue weighted by atomic mass is 32.2. The number of hydrogen-bond donors (Lipinski definition) is 1. The van der Waals surface area contributed by atoms with Crippen LogP contribution in [0.2, 0.25) is 0 Å². The third-order valence-corrected chi connectivity index (χ3v) is 3.85. The quantitative estimate of drug-likeness (QED) is 0.844. The van der Waals surface area contributed by atoms with E-state index >= 15 is 0 Å². The smallest absolute Gasteiger partial charge is 0.240 e. The number of nitrogens with zero attached hydrogens (tertiary/aromatic N) is 2. The minimum atomic E-state index is 0.659. The first kappa shape index (κ1) is 11.0. The van der Waals surface area contributed by atoms with Gasteiger partial charge in [0.25, 0.3) is 0 Å². The van der Waals surface area contributed by atoms with E-state index in [4.69, 9.17) is 4.52 Å². The van der Waals surface area contributed by atoms with Crippen LogP contribution in [0, 0.1) is 5.92 Å². The van der Waals surface area contributed by atoms with Crippen LogP contribution in [0.3, 0.4) is 0 Å². The highest BCUT2D eigenvalue weighted by Gasteiger charge is 2.17. The largest absolute Gasteiger partial charge is 0.338 e. The Kier molecular flexibility index (Phi) is 4.02. The molecule has 1 aromatic rings. The lowest BCUT2D eigenvalue weighted by Crippen LogP contribution is -2.14. The van der Waals surface area contributed by atoms with E-state index < -0.39 is 0 Å². The number of hydrogen-bond acceptors (Lipinski definition) is 5. The predicted octanol–water partition coefficient (Wildman–Crippen LogP) is 1.47. The normalized spacial score (nSPS) is 21.8. The van der Waals surface area contributed by atoms with E-state index in [9.17, 15) is 0 Å². The predicted molar refractivity (Wildman–Crippen MR) is 60.8 cm³/mol. The first-order valence-electron chi connectivity index (χ1n) is 5.42. The fourth-order valence-electron chi connectivity index (χ4n) is 1.82. The lowest BCUT2D eigenvalue weighted by Gasteiger charge is -2.19. The summed E-state index contributed by atoms with van der Waals surface area (Å²) >= 11 is 2.04. The molecule has 1 unspecified atom stereocenters. The fraction of sp³-hybridized carbons (Fsp3) is 0.800.